The highest BCUT2D eigenvalue weighted by atomic mass is 16.5. The van der Waals surface area contributed by atoms with Crippen LogP contribution >= 0.6 is 0 Å². The molecule has 0 fully saturated rings. The smallest absolute Gasteiger partial charge is 0.379 e. The number of aryl methyl sites for hydroxylation is 2. The van der Waals surface area contributed by atoms with Gasteiger partial charge in [0.2, 0.25) is 0 Å². The lowest BCUT2D eigenvalue weighted by atomic mass is 9.80. The fourth-order valence-electron chi connectivity index (χ4n) is 6.89. The van der Waals surface area contributed by atoms with Crippen LogP contribution in [0.5, 0.6) is 0 Å². The van der Waals surface area contributed by atoms with Crippen LogP contribution in [0.3, 0.4) is 0 Å². The summed E-state index contributed by atoms with van der Waals surface area (Å²) < 4.78 is 14.9. The Kier molecular flexibility index (Phi) is 9.64. The summed E-state index contributed by atoms with van der Waals surface area (Å²) in [4.78, 5) is 95.9. The zero-order valence-corrected chi connectivity index (χ0v) is 29.6. The Balaban J connectivity index is 2.09. The molecule has 0 amide bonds. The Bertz CT molecular complexity index is 2160. The summed E-state index contributed by atoms with van der Waals surface area (Å²) in [6.07, 6.45) is 0.547. The molecule has 3 aromatic heterocycles. The van der Waals surface area contributed by atoms with E-state index < -0.39 is 40.9 Å². The maximum atomic E-state index is 14.0. The molecule has 0 radical (unpaired) electrons. The molecule has 2 aliphatic heterocycles. The van der Waals surface area contributed by atoms with Gasteiger partial charge in [-0.25, -0.2) is 14.6 Å². The number of hydrogen-bond acceptors (Lipinski definition) is 11. The Morgan fingerprint density at radius 2 is 1.52 bits per heavy atom. The molecule has 0 aliphatic carbocycles. The van der Waals surface area contributed by atoms with Crippen LogP contribution in [0.1, 0.15) is 129 Å². The van der Waals surface area contributed by atoms with Gasteiger partial charge in [-0.1, -0.05) is 13.8 Å². The SMILES string of the molecule is CCC1(C)C(=O)c2cc3[nH]c(c(C(=O)C(=O)OC)c4nc(cc5[nH]c(cc1n2)c(C(C)=O)c5C)[C@@H](C)[C@@H]4CCC(=O)OC)c(C(=O)OC)c3C. The summed E-state index contributed by atoms with van der Waals surface area (Å²) in [7, 11) is 3.52. The number of ketones is 3. The van der Waals surface area contributed by atoms with Crippen molar-refractivity contribution in [1.29, 1.82) is 0 Å². The van der Waals surface area contributed by atoms with Crippen LogP contribution in [0, 0.1) is 13.8 Å². The molecule has 0 saturated carbocycles. The lowest BCUT2D eigenvalue weighted by Crippen LogP contribution is -2.27. The van der Waals surface area contributed by atoms with Gasteiger partial charge in [-0.3, -0.25) is 24.2 Å². The molecule has 262 valence electrons. The number of aromatic nitrogens is 4. The minimum absolute atomic E-state index is 0.0317. The topological polar surface area (TPSA) is 187 Å². The Morgan fingerprint density at radius 3 is 2.12 bits per heavy atom. The average Bonchev–Trinajstić information content (AvgIpc) is 3.76. The standard InChI is InChI=1S/C37H40N4O9/c1-10-37(6)26-15-24-28(19(5)42)17(3)22(38-24)13-21-16(2)20(11-12-27(43)48-7)31(40-21)30(33(44)36(47)50-9)32-29(35(46)49-8)18(4)23(41-32)14-25(39-26)34(37)45/h13-16,20,38,41H,10-12H2,1-9H3/t16-,20-,37?/m0/s1. The van der Waals surface area contributed by atoms with E-state index in [9.17, 15) is 28.8 Å². The average molecular weight is 685 g/mol. The number of aromatic amines is 2. The van der Waals surface area contributed by atoms with Crippen LogP contribution < -0.4 is 0 Å². The second-order valence-corrected chi connectivity index (χ2v) is 12.9. The number of carbonyl (C=O) groups excluding carboxylic acids is 6. The third-order valence-corrected chi connectivity index (χ3v) is 10.1. The van der Waals surface area contributed by atoms with Gasteiger partial charge in [0, 0.05) is 40.5 Å². The number of hydrogen-bond donors (Lipinski definition) is 2. The molecule has 5 rings (SSSR count). The van der Waals surface area contributed by atoms with E-state index in [4.69, 9.17) is 24.2 Å². The first-order valence-electron chi connectivity index (χ1n) is 16.2. The monoisotopic (exact) mass is 684 g/mol. The highest BCUT2D eigenvalue weighted by molar-refractivity contribution is 6.43. The molecule has 0 spiro atoms. The quantitative estimate of drug-likeness (QED) is 0.129. The number of esters is 3. The van der Waals surface area contributed by atoms with Crippen LogP contribution in [0.25, 0.3) is 22.1 Å². The number of nitrogens with one attached hydrogen (secondary N) is 2. The predicted octanol–water partition coefficient (Wildman–Crippen LogP) is 5.67. The van der Waals surface area contributed by atoms with Crippen LogP contribution in [0.4, 0.5) is 0 Å². The van der Waals surface area contributed by atoms with Crippen molar-refractivity contribution in [3.05, 3.63) is 68.8 Å². The first-order valence-corrected chi connectivity index (χ1v) is 16.2. The second kappa shape index (κ2) is 13.4. The van der Waals surface area contributed by atoms with Crippen LogP contribution in [0.2, 0.25) is 0 Å². The molecule has 13 nitrogen and oxygen atoms in total. The largest absolute Gasteiger partial charge is 0.469 e. The molecule has 8 bridgehead atoms. The summed E-state index contributed by atoms with van der Waals surface area (Å²) in [5, 5.41) is 0. The van der Waals surface area contributed by atoms with Crippen molar-refractivity contribution in [2.24, 2.45) is 0 Å². The molecule has 13 heteroatoms. The van der Waals surface area contributed by atoms with Gasteiger partial charge in [-0.15, -0.1) is 0 Å². The Labute approximate surface area is 288 Å². The predicted molar refractivity (Wildman–Crippen MR) is 183 cm³/mol. The summed E-state index contributed by atoms with van der Waals surface area (Å²) >= 11 is 0. The number of ether oxygens (including phenoxy) is 3. The molecule has 3 aromatic rings. The van der Waals surface area contributed by atoms with Gasteiger partial charge in [-0.05, 0) is 69.9 Å². The molecule has 5 heterocycles. The first kappa shape index (κ1) is 35.8. The van der Waals surface area contributed by atoms with Crippen molar-refractivity contribution in [1.82, 2.24) is 19.9 Å². The molecule has 0 aromatic carbocycles. The maximum absolute atomic E-state index is 14.0. The third-order valence-electron chi connectivity index (χ3n) is 10.1. The number of Topliss-reactive ketones (excluding diaryl/α,β-unsaturated/α-hetero) is 3. The second-order valence-electron chi connectivity index (χ2n) is 12.9. The van der Waals surface area contributed by atoms with Crippen molar-refractivity contribution in [2.75, 3.05) is 21.3 Å². The fourth-order valence-corrected chi connectivity index (χ4v) is 6.89. The van der Waals surface area contributed by atoms with Crippen LogP contribution in [-0.4, -0.2) is 76.5 Å². The van der Waals surface area contributed by atoms with Gasteiger partial charge in [0.05, 0.1) is 60.3 Å². The van der Waals surface area contributed by atoms with Crippen LogP contribution in [0.15, 0.2) is 18.2 Å². The van der Waals surface area contributed by atoms with Gasteiger partial charge in [0.25, 0.3) is 5.78 Å². The molecular formula is C37H40N4O9. The van der Waals surface area contributed by atoms with E-state index in [1.807, 2.05) is 13.8 Å². The van der Waals surface area contributed by atoms with Gasteiger partial charge in [0.1, 0.15) is 5.69 Å². The number of carbonyl (C=O) groups is 6. The van der Waals surface area contributed by atoms with Gasteiger partial charge < -0.3 is 24.2 Å². The summed E-state index contributed by atoms with van der Waals surface area (Å²) in [5.41, 5.74) is 2.43. The maximum Gasteiger partial charge on any atom is 0.379 e. The zero-order valence-electron chi connectivity index (χ0n) is 29.6. The molecular weight excluding hydrogens is 644 g/mol. The molecule has 2 N–H and O–H groups in total. The first-order chi connectivity index (χ1) is 23.6. The molecule has 0 saturated heterocycles. The van der Waals surface area contributed by atoms with Crippen molar-refractivity contribution < 1.29 is 43.0 Å². The highest BCUT2D eigenvalue weighted by Gasteiger charge is 2.41. The lowest BCUT2D eigenvalue weighted by molar-refractivity contribution is -0.140. The molecule has 1 unspecified atom stereocenters. The van der Waals surface area contributed by atoms with Gasteiger partial charge in [-0.2, -0.15) is 0 Å². The number of fused-ring (bicyclic) bond motifs is 8. The van der Waals surface area contributed by atoms with E-state index >= 15 is 0 Å². The molecule has 3 atom stereocenters. The van der Waals surface area contributed by atoms with Gasteiger partial charge in [0.15, 0.2) is 11.6 Å². The summed E-state index contributed by atoms with van der Waals surface area (Å²) in [6, 6.07) is 4.97. The minimum Gasteiger partial charge on any atom is -0.469 e. The number of rotatable bonds is 8. The van der Waals surface area contributed by atoms with Crippen molar-refractivity contribution in [2.45, 2.75) is 78.1 Å². The zero-order chi connectivity index (χ0) is 36.8. The highest BCUT2D eigenvalue weighted by Crippen LogP contribution is 2.43. The van der Waals surface area contributed by atoms with E-state index in [0.717, 1.165) is 7.11 Å². The third kappa shape index (κ3) is 5.80. The van der Waals surface area contributed by atoms with E-state index in [0.29, 0.717) is 45.5 Å². The number of methoxy groups -OCH3 is 3. The fraction of sp³-hybridized carbons (Fsp3) is 0.405. The molecule has 50 heavy (non-hydrogen) atoms. The van der Waals surface area contributed by atoms with Crippen molar-refractivity contribution in [3.63, 3.8) is 0 Å². The van der Waals surface area contributed by atoms with Crippen LogP contribution in [-0.2, 0) is 29.2 Å². The Hall–Kier alpha value is -5.46. The number of nitrogens with zero attached hydrogens (tertiary/aromatic N) is 2. The normalized spacial score (nSPS) is 18.5. The van der Waals surface area contributed by atoms with Crippen molar-refractivity contribution >= 4 is 57.3 Å². The minimum atomic E-state index is -1.21. The lowest BCUT2D eigenvalue weighted by Gasteiger charge is -2.19. The van der Waals surface area contributed by atoms with Gasteiger partial charge >= 0.3 is 17.9 Å². The van der Waals surface area contributed by atoms with E-state index in [1.165, 1.54) is 27.2 Å². The van der Waals surface area contributed by atoms with E-state index in [1.54, 1.807) is 32.9 Å². The summed E-state index contributed by atoms with van der Waals surface area (Å²) in [6.45, 7) is 10.4. The number of H-pyrrole nitrogens is 2. The van der Waals surface area contributed by atoms with E-state index in [-0.39, 0.29) is 58.0 Å². The molecule has 2 aliphatic rings. The summed E-state index contributed by atoms with van der Waals surface area (Å²) in [5.74, 6) is -5.09. The van der Waals surface area contributed by atoms with Crippen molar-refractivity contribution in [3.8, 4) is 0 Å². The van der Waals surface area contributed by atoms with E-state index in [2.05, 4.69) is 9.97 Å². The Morgan fingerprint density at radius 1 is 0.860 bits per heavy atom.